The molecule has 1 rings (SSSR count). The third-order valence-electron chi connectivity index (χ3n) is 6.70. The molecule has 0 atom stereocenters. The summed E-state index contributed by atoms with van der Waals surface area (Å²) < 4.78 is 5.31. The van der Waals surface area contributed by atoms with Gasteiger partial charge in [0, 0.05) is 5.69 Å². The number of benzene rings is 1. The van der Waals surface area contributed by atoms with Gasteiger partial charge < -0.3 is 10.1 Å². The number of ether oxygens (including phenoxy) is 1. The summed E-state index contributed by atoms with van der Waals surface area (Å²) >= 11 is 0. The maximum Gasteiger partial charge on any atom is 0.315 e. The maximum absolute atomic E-state index is 12.5. The van der Waals surface area contributed by atoms with Crippen LogP contribution in [0.1, 0.15) is 154 Å². The zero-order valence-electron chi connectivity index (χ0n) is 23.4. The molecular weight excluding hydrogens is 434 g/mol. The van der Waals surface area contributed by atoms with Gasteiger partial charge >= 0.3 is 5.97 Å². The van der Waals surface area contributed by atoms with E-state index in [-0.39, 0.29) is 24.2 Å². The quantitative estimate of drug-likeness (QED) is 0.113. The van der Waals surface area contributed by atoms with E-state index in [4.69, 9.17) is 4.74 Å². The number of nitrogens with one attached hydrogen (secondary N) is 1. The molecule has 1 aromatic rings. The van der Waals surface area contributed by atoms with E-state index in [9.17, 15) is 9.59 Å². The van der Waals surface area contributed by atoms with Crippen molar-refractivity contribution in [2.75, 3.05) is 11.9 Å². The highest BCUT2D eigenvalue weighted by Crippen LogP contribution is 2.32. The summed E-state index contributed by atoms with van der Waals surface area (Å²) in [7, 11) is 0. The summed E-state index contributed by atoms with van der Waals surface area (Å²) in [6, 6.07) is 6.12. The maximum atomic E-state index is 12.5. The van der Waals surface area contributed by atoms with E-state index in [1.54, 1.807) is 0 Å². The Balaban J connectivity index is 2.12. The van der Waals surface area contributed by atoms with Gasteiger partial charge in [-0.3, -0.25) is 9.59 Å². The van der Waals surface area contributed by atoms with E-state index in [1.165, 1.54) is 77.0 Å². The second-order valence-electron chi connectivity index (χ2n) is 10.7. The number of carbonyl (C=O) groups excluding carboxylic acids is 2. The van der Waals surface area contributed by atoms with Gasteiger partial charge in [0.1, 0.15) is 6.42 Å². The number of unbranched alkanes of at least 4 members (excludes halogenated alkanes) is 13. The van der Waals surface area contributed by atoms with Crippen LogP contribution in [0.25, 0.3) is 0 Å². The Morgan fingerprint density at radius 2 is 1.14 bits per heavy atom. The smallest absolute Gasteiger partial charge is 0.315 e. The first kappa shape index (κ1) is 31.2. The second-order valence-corrected chi connectivity index (χ2v) is 10.7. The minimum atomic E-state index is -0.440. The summed E-state index contributed by atoms with van der Waals surface area (Å²) in [5.41, 5.74) is 3.04. The van der Waals surface area contributed by atoms with Crippen molar-refractivity contribution >= 4 is 17.6 Å². The van der Waals surface area contributed by atoms with Crippen LogP contribution in [0, 0.1) is 0 Å². The average molecular weight is 488 g/mol. The fraction of sp³-hybridized carbons (Fsp3) is 0.742. The number of carbonyl (C=O) groups is 2. The van der Waals surface area contributed by atoms with E-state index in [0.29, 0.717) is 6.61 Å². The lowest BCUT2D eigenvalue weighted by Crippen LogP contribution is -2.20. The number of esters is 1. The number of anilines is 1. The van der Waals surface area contributed by atoms with Crippen LogP contribution < -0.4 is 5.32 Å². The molecule has 1 aromatic carbocycles. The van der Waals surface area contributed by atoms with Gasteiger partial charge in [0.15, 0.2) is 0 Å². The van der Waals surface area contributed by atoms with Gasteiger partial charge in [-0.15, -0.1) is 0 Å². The molecule has 0 radical (unpaired) electrons. The van der Waals surface area contributed by atoms with E-state index in [2.05, 4.69) is 39.9 Å². The molecule has 0 fully saturated rings. The topological polar surface area (TPSA) is 55.4 Å². The first-order valence-corrected chi connectivity index (χ1v) is 14.4. The standard InChI is InChI=1S/C31H53NO3/c1-6-7-8-9-10-11-12-13-14-15-16-17-18-19-23-35-30(34)24-29(33)32-31-27(25(2)3)21-20-22-28(31)26(4)5/h20-22,25-26H,6-19,23-24H2,1-5H3,(H,32,33). The highest BCUT2D eigenvalue weighted by Gasteiger charge is 2.18. The third-order valence-corrected chi connectivity index (χ3v) is 6.70. The van der Waals surface area contributed by atoms with Crippen molar-refractivity contribution in [3.05, 3.63) is 29.3 Å². The van der Waals surface area contributed by atoms with Crippen LogP contribution in [0.3, 0.4) is 0 Å². The van der Waals surface area contributed by atoms with E-state index in [0.717, 1.165) is 29.7 Å². The second kappa shape index (κ2) is 19.4. The fourth-order valence-electron chi connectivity index (χ4n) is 4.54. The number of amides is 1. The Labute approximate surface area is 216 Å². The molecule has 0 spiro atoms. The molecule has 0 bridgehead atoms. The number of rotatable bonds is 20. The SMILES string of the molecule is CCCCCCCCCCCCCCCCOC(=O)CC(=O)Nc1c(C(C)C)cccc1C(C)C. The number of hydrogen-bond donors (Lipinski definition) is 1. The Bertz CT molecular complexity index is 685. The first-order valence-electron chi connectivity index (χ1n) is 14.4. The Morgan fingerprint density at radius 1 is 0.714 bits per heavy atom. The van der Waals surface area contributed by atoms with Crippen LogP contribution in [-0.2, 0) is 14.3 Å². The molecule has 0 aromatic heterocycles. The van der Waals surface area contributed by atoms with E-state index < -0.39 is 5.97 Å². The van der Waals surface area contributed by atoms with Crippen LogP contribution in [0.5, 0.6) is 0 Å². The molecular formula is C31H53NO3. The van der Waals surface area contributed by atoms with Gasteiger partial charge in [0.2, 0.25) is 5.91 Å². The monoisotopic (exact) mass is 487 g/mol. The molecule has 200 valence electrons. The Hall–Kier alpha value is -1.84. The van der Waals surface area contributed by atoms with Crippen molar-refractivity contribution < 1.29 is 14.3 Å². The van der Waals surface area contributed by atoms with Gasteiger partial charge in [-0.05, 0) is 29.4 Å². The lowest BCUT2D eigenvalue weighted by atomic mass is 9.92. The summed E-state index contributed by atoms with van der Waals surface area (Å²) in [6.07, 6.45) is 17.9. The molecule has 35 heavy (non-hydrogen) atoms. The summed E-state index contributed by atoms with van der Waals surface area (Å²) in [5.74, 6) is -0.163. The third kappa shape index (κ3) is 14.3. The molecule has 0 aliphatic carbocycles. The highest BCUT2D eigenvalue weighted by molar-refractivity contribution is 6.02. The van der Waals surface area contributed by atoms with Crippen molar-refractivity contribution in [3.63, 3.8) is 0 Å². The fourth-order valence-corrected chi connectivity index (χ4v) is 4.54. The predicted molar refractivity (Wildman–Crippen MR) is 149 cm³/mol. The van der Waals surface area contributed by atoms with Crippen molar-refractivity contribution in [1.29, 1.82) is 0 Å². The molecule has 0 saturated heterocycles. The average Bonchev–Trinajstić information content (AvgIpc) is 2.81. The molecule has 4 heteroatoms. The number of hydrogen-bond acceptors (Lipinski definition) is 3. The predicted octanol–water partition coefficient (Wildman–Crippen LogP) is 9.29. The normalized spacial score (nSPS) is 11.3. The molecule has 0 heterocycles. The lowest BCUT2D eigenvalue weighted by Gasteiger charge is -2.20. The van der Waals surface area contributed by atoms with Gasteiger partial charge in [-0.2, -0.15) is 0 Å². The molecule has 0 unspecified atom stereocenters. The summed E-state index contributed by atoms with van der Waals surface area (Å²) in [6.45, 7) is 11.1. The molecule has 0 aliphatic heterocycles. The molecule has 1 amide bonds. The van der Waals surface area contributed by atoms with Crippen LogP contribution in [-0.4, -0.2) is 18.5 Å². The molecule has 0 aliphatic rings. The van der Waals surface area contributed by atoms with Crippen LogP contribution >= 0.6 is 0 Å². The zero-order chi connectivity index (χ0) is 25.9. The Morgan fingerprint density at radius 3 is 1.57 bits per heavy atom. The van der Waals surface area contributed by atoms with Crippen molar-refractivity contribution in [1.82, 2.24) is 0 Å². The largest absolute Gasteiger partial charge is 0.465 e. The van der Waals surface area contributed by atoms with Crippen LogP contribution in [0.4, 0.5) is 5.69 Å². The molecule has 0 saturated carbocycles. The number of para-hydroxylation sites is 1. The lowest BCUT2D eigenvalue weighted by molar-refractivity contribution is -0.145. The van der Waals surface area contributed by atoms with Crippen LogP contribution in [0.2, 0.25) is 0 Å². The van der Waals surface area contributed by atoms with Gasteiger partial charge in [-0.1, -0.05) is 136 Å². The van der Waals surface area contributed by atoms with Crippen molar-refractivity contribution in [2.45, 2.75) is 143 Å². The zero-order valence-corrected chi connectivity index (χ0v) is 23.4. The Kier molecular flexibility index (Phi) is 17.3. The molecule has 1 N–H and O–H groups in total. The van der Waals surface area contributed by atoms with Crippen molar-refractivity contribution in [2.24, 2.45) is 0 Å². The minimum Gasteiger partial charge on any atom is -0.465 e. The van der Waals surface area contributed by atoms with E-state index in [1.807, 2.05) is 18.2 Å². The summed E-state index contributed by atoms with van der Waals surface area (Å²) in [5, 5.41) is 2.99. The van der Waals surface area contributed by atoms with Crippen molar-refractivity contribution in [3.8, 4) is 0 Å². The minimum absolute atomic E-state index is 0.234. The van der Waals surface area contributed by atoms with E-state index >= 15 is 0 Å². The van der Waals surface area contributed by atoms with Gasteiger partial charge in [0.25, 0.3) is 0 Å². The highest BCUT2D eigenvalue weighted by atomic mass is 16.5. The van der Waals surface area contributed by atoms with Gasteiger partial charge in [0.05, 0.1) is 6.61 Å². The first-order chi connectivity index (χ1) is 16.9. The summed E-state index contributed by atoms with van der Waals surface area (Å²) in [4.78, 5) is 24.7. The molecule has 4 nitrogen and oxygen atoms in total. The van der Waals surface area contributed by atoms with Crippen LogP contribution in [0.15, 0.2) is 18.2 Å². The van der Waals surface area contributed by atoms with Gasteiger partial charge in [-0.25, -0.2) is 0 Å².